The number of nitrogens with zero attached hydrogens (tertiary/aromatic N) is 2. The van der Waals surface area contributed by atoms with Gasteiger partial charge in [0.05, 0.1) is 21.8 Å². The van der Waals surface area contributed by atoms with Crippen LogP contribution >= 0.6 is 11.3 Å². The van der Waals surface area contributed by atoms with Gasteiger partial charge in [0.1, 0.15) is 0 Å². The molecule has 2 aromatic carbocycles. The van der Waals surface area contributed by atoms with Gasteiger partial charge in [0.2, 0.25) is 0 Å². The van der Waals surface area contributed by atoms with Crippen LogP contribution in [0.2, 0.25) is 0 Å². The Morgan fingerprint density at radius 2 is 1.95 bits per heavy atom. The zero-order chi connectivity index (χ0) is 15.5. The molecule has 2 N–H and O–H groups in total. The summed E-state index contributed by atoms with van der Waals surface area (Å²) in [5.74, 6) is 0. The molecule has 3 rings (SSSR count). The van der Waals surface area contributed by atoms with E-state index in [-0.39, 0.29) is 6.03 Å². The number of nitrogens with one attached hydrogen (secondary N) is 2. The Morgan fingerprint density at radius 1 is 1.18 bits per heavy atom. The first-order valence-corrected chi connectivity index (χ1v) is 7.41. The first-order chi connectivity index (χ1) is 10.6. The molecule has 0 radical (unpaired) electrons. The number of thiazole rings is 1. The van der Waals surface area contributed by atoms with Crippen LogP contribution in [0.3, 0.4) is 0 Å². The number of carbonyl (C=O) groups excluding carboxylic acids is 1. The third-order valence-electron chi connectivity index (χ3n) is 3.04. The molecule has 108 valence electrons. The van der Waals surface area contributed by atoms with Gasteiger partial charge in [0.25, 0.3) is 0 Å². The molecule has 0 atom stereocenters. The minimum atomic E-state index is -0.361. The first kappa shape index (κ1) is 14.0. The van der Waals surface area contributed by atoms with Crippen molar-refractivity contribution in [3.05, 3.63) is 53.6 Å². The molecule has 0 unspecified atom stereocenters. The third kappa shape index (κ3) is 3.05. The van der Waals surface area contributed by atoms with Crippen LogP contribution in [0.25, 0.3) is 10.2 Å². The highest BCUT2D eigenvalue weighted by molar-refractivity contribution is 7.22. The summed E-state index contributed by atoms with van der Waals surface area (Å²) in [6.07, 6.45) is 0. The molecule has 5 nitrogen and oxygen atoms in total. The van der Waals surface area contributed by atoms with Gasteiger partial charge in [-0.15, -0.1) is 0 Å². The average Bonchev–Trinajstić information content (AvgIpc) is 2.89. The highest BCUT2D eigenvalue weighted by Crippen LogP contribution is 2.26. The van der Waals surface area contributed by atoms with Crippen molar-refractivity contribution in [2.45, 2.75) is 6.92 Å². The van der Waals surface area contributed by atoms with E-state index in [1.165, 1.54) is 11.3 Å². The molecule has 0 aliphatic heterocycles. The molecule has 1 aromatic heterocycles. The molecule has 0 saturated heterocycles. The van der Waals surface area contributed by atoms with E-state index in [1.54, 1.807) is 24.3 Å². The number of amides is 2. The topological polar surface area (TPSA) is 77.8 Å². The lowest BCUT2D eigenvalue weighted by molar-refractivity contribution is 0.262. The van der Waals surface area contributed by atoms with Crippen molar-refractivity contribution in [2.75, 3.05) is 10.6 Å². The van der Waals surface area contributed by atoms with Gasteiger partial charge in [-0.3, -0.25) is 5.32 Å². The van der Waals surface area contributed by atoms with Crippen molar-refractivity contribution in [1.82, 2.24) is 4.98 Å². The largest absolute Gasteiger partial charge is 0.325 e. The van der Waals surface area contributed by atoms with Crippen LogP contribution < -0.4 is 10.6 Å². The maximum Gasteiger partial charge on any atom is 0.325 e. The first-order valence-electron chi connectivity index (χ1n) is 6.59. The van der Waals surface area contributed by atoms with Gasteiger partial charge >= 0.3 is 6.03 Å². The number of hydrogen-bond donors (Lipinski definition) is 2. The van der Waals surface area contributed by atoms with E-state index in [4.69, 9.17) is 5.26 Å². The highest BCUT2D eigenvalue weighted by Gasteiger charge is 2.08. The molecule has 0 fully saturated rings. The zero-order valence-corrected chi connectivity index (χ0v) is 12.6. The van der Waals surface area contributed by atoms with Crippen molar-refractivity contribution < 1.29 is 4.79 Å². The standard InChI is InChI=1S/C16H12N4OS/c1-10-2-7-13-14(8-10)22-16(19-13)20-15(21)18-12-5-3-11(9-17)4-6-12/h2-8H,1H3,(H2,18,19,20,21). The fourth-order valence-electron chi connectivity index (χ4n) is 1.97. The molecule has 0 spiro atoms. The van der Waals surface area contributed by atoms with E-state index in [0.717, 1.165) is 15.8 Å². The predicted octanol–water partition coefficient (Wildman–Crippen LogP) is 4.12. The fraction of sp³-hybridized carbons (Fsp3) is 0.0625. The van der Waals surface area contributed by atoms with Crippen molar-refractivity contribution in [1.29, 1.82) is 5.26 Å². The van der Waals surface area contributed by atoms with Crippen molar-refractivity contribution in [3.8, 4) is 6.07 Å². The minimum absolute atomic E-state index is 0.361. The van der Waals surface area contributed by atoms with E-state index in [9.17, 15) is 4.79 Å². The van der Waals surface area contributed by atoms with Crippen LogP contribution in [0.15, 0.2) is 42.5 Å². The number of anilines is 2. The van der Waals surface area contributed by atoms with Crippen LogP contribution in [0.4, 0.5) is 15.6 Å². The van der Waals surface area contributed by atoms with E-state index in [0.29, 0.717) is 16.4 Å². The molecular weight excluding hydrogens is 296 g/mol. The smallest absolute Gasteiger partial charge is 0.308 e. The fourth-order valence-corrected chi connectivity index (χ4v) is 2.93. The molecule has 0 bridgehead atoms. The van der Waals surface area contributed by atoms with E-state index in [1.807, 2.05) is 31.2 Å². The Morgan fingerprint density at radius 3 is 2.68 bits per heavy atom. The molecule has 0 aliphatic rings. The average molecular weight is 308 g/mol. The summed E-state index contributed by atoms with van der Waals surface area (Å²) in [4.78, 5) is 16.3. The molecule has 22 heavy (non-hydrogen) atoms. The number of carbonyl (C=O) groups is 1. The van der Waals surface area contributed by atoms with E-state index >= 15 is 0 Å². The molecule has 0 saturated carbocycles. The molecule has 2 amide bonds. The summed E-state index contributed by atoms with van der Waals surface area (Å²) in [5.41, 5.74) is 3.19. The quantitative estimate of drug-likeness (QED) is 0.747. The number of urea groups is 1. The number of hydrogen-bond acceptors (Lipinski definition) is 4. The van der Waals surface area contributed by atoms with E-state index in [2.05, 4.69) is 15.6 Å². The van der Waals surface area contributed by atoms with Gasteiger partial charge in [-0.25, -0.2) is 9.78 Å². The summed E-state index contributed by atoms with van der Waals surface area (Å²) in [5, 5.41) is 14.7. The molecule has 1 heterocycles. The maximum atomic E-state index is 12.0. The Hall–Kier alpha value is -2.91. The molecular formula is C16H12N4OS. The van der Waals surface area contributed by atoms with Crippen molar-refractivity contribution >= 4 is 38.4 Å². The lowest BCUT2D eigenvalue weighted by atomic mass is 10.2. The molecule has 0 aliphatic carbocycles. The van der Waals surface area contributed by atoms with Crippen LogP contribution in [0.1, 0.15) is 11.1 Å². The lowest BCUT2D eigenvalue weighted by Gasteiger charge is -2.04. The second-order valence-electron chi connectivity index (χ2n) is 4.76. The monoisotopic (exact) mass is 308 g/mol. The van der Waals surface area contributed by atoms with Crippen molar-refractivity contribution in [3.63, 3.8) is 0 Å². The predicted molar refractivity (Wildman–Crippen MR) is 88.2 cm³/mol. The number of benzene rings is 2. The Labute approximate surface area is 131 Å². The summed E-state index contributed by atoms with van der Waals surface area (Å²) in [7, 11) is 0. The Kier molecular flexibility index (Phi) is 3.73. The number of aryl methyl sites for hydroxylation is 1. The van der Waals surface area contributed by atoms with Crippen LogP contribution in [0, 0.1) is 18.3 Å². The second kappa shape index (κ2) is 5.84. The third-order valence-corrected chi connectivity index (χ3v) is 3.97. The summed E-state index contributed by atoms with van der Waals surface area (Å²) < 4.78 is 1.04. The summed E-state index contributed by atoms with van der Waals surface area (Å²) in [6.45, 7) is 2.02. The maximum absolute atomic E-state index is 12.0. The minimum Gasteiger partial charge on any atom is -0.308 e. The number of aromatic nitrogens is 1. The zero-order valence-electron chi connectivity index (χ0n) is 11.8. The van der Waals surface area contributed by atoms with Crippen LogP contribution in [-0.2, 0) is 0 Å². The lowest BCUT2D eigenvalue weighted by Crippen LogP contribution is -2.19. The molecule has 3 aromatic rings. The highest BCUT2D eigenvalue weighted by atomic mass is 32.1. The van der Waals surface area contributed by atoms with Gasteiger partial charge in [0.15, 0.2) is 5.13 Å². The van der Waals surface area contributed by atoms with E-state index < -0.39 is 0 Å². The van der Waals surface area contributed by atoms with Crippen LogP contribution in [0.5, 0.6) is 0 Å². The Balaban J connectivity index is 1.71. The number of rotatable bonds is 2. The number of nitriles is 1. The van der Waals surface area contributed by atoms with Crippen molar-refractivity contribution in [2.24, 2.45) is 0 Å². The van der Waals surface area contributed by atoms with Gasteiger partial charge in [0, 0.05) is 5.69 Å². The number of fused-ring (bicyclic) bond motifs is 1. The second-order valence-corrected chi connectivity index (χ2v) is 5.79. The SMILES string of the molecule is Cc1ccc2nc(NC(=O)Nc3ccc(C#N)cc3)sc2c1. The normalized spacial score (nSPS) is 10.2. The Bertz CT molecular complexity index is 877. The van der Waals surface area contributed by atoms with Gasteiger partial charge in [-0.2, -0.15) is 5.26 Å². The van der Waals surface area contributed by atoms with Gasteiger partial charge in [-0.05, 0) is 48.9 Å². The van der Waals surface area contributed by atoms with Gasteiger partial charge < -0.3 is 5.32 Å². The summed E-state index contributed by atoms with van der Waals surface area (Å²) >= 11 is 1.43. The van der Waals surface area contributed by atoms with Crippen LogP contribution in [-0.4, -0.2) is 11.0 Å². The molecule has 6 heteroatoms. The summed E-state index contributed by atoms with van der Waals surface area (Å²) in [6, 6.07) is 14.3. The van der Waals surface area contributed by atoms with Gasteiger partial charge in [-0.1, -0.05) is 17.4 Å².